The van der Waals surface area contributed by atoms with Crippen molar-refractivity contribution in [3.8, 4) is 0 Å². The Labute approximate surface area is 134 Å². The predicted molar refractivity (Wildman–Crippen MR) is 87.7 cm³/mol. The lowest BCUT2D eigenvalue weighted by atomic mass is 10.2. The standard InChI is InChI=1S/C14H13BrN6O/c15-5-11(22)20-10-3-1-9(2-4-10)6-21-8-19-12-13(16)17-7-18-14(12)21/h1-4,7-8H,5-6H2,(H,20,22)(H2,16,17,18). The van der Waals surface area contributed by atoms with E-state index in [9.17, 15) is 4.79 Å². The number of amides is 1. The molecule has 3 N–H and O–H groups in total. The molecule has 0 aliphatic rings. The molecule has 0 fully saturated rings. The number of nitrogen functional groups attached to an aromatic ring is 1. The molecule has 1 amide bonds. The molecule has 0 spiro atoms. The van der Waals surface area contributed by atoms with Crippen LogP contribution in [-0.2, 0) is 11.3 Å². The van der Waals surface area contributed by atoms with Crippen LogP contribution in [0.5, 0.6) is 0 Å². The number of hydrogen-bond donors (Lipinski definition) is 2. The summed E-state index contributed by atoms with van der Waals surface area (Å²) >= 11 is 3.11. The van der Waals surface area contributed by atoms with E-state index in [1.807, 2.05) is 28.8 Å². The van der Waals surface area contributed by atoms with Crippen LogP contribution in [0.2, 0.25) is 0 Å². The highest BCUT2D eigenvalue weighted by Crippen LogP contribution is 2.17. The van der Waals surface area contributed by atoms with E-state index in [0.29, 0.717) is 23.5 Å². The number of aromatic nitrogens is 4. The Morgan fingerprint density at radius 1 is 1.23 bits per heavy atom. The average Bonchev–Trinajstić information content (AvgIpc) is 2.94. The topological polar surface area (TPSA) is 98.7 Å². The van der Waals surface area contributed by atoms with E-state index in [1.165, 1.54) is 6.33 Å². The van der Waals surface area contributed by atoms with Gasteiger partial charge in [0.15, 0.2) is 11.5 Å². The van der Waals surface area contributed by atoms with Gasteiger partial charge in [0.2, 0.25) is 5.91 Å². The van der Waals surface area contributed by atoms with Crippen LogP contribution < -0.4 is 11.1 Å². The van der Waals surface area contributed by atoms with E-state index < -0.39 is 0 Å². The molecule has 3 rings (SSSR count). The maximum atomic E-state index is 11.3. The molecule has 8 heteroatoms. The lowest BCUT2D eigenvalue weighted by Gasteiger charge is -2.06. The van der Waals surface area contributed by atoms with E-state index in [4.69, 9.17) is 5.73 Å². The Hall–Kier alpha value is -2.48. The van der Waals surface area contributed by atoms with Crippen LogP contribution >= 0.6 is 15.9 Å². The quantitative estimate of drug-likeness (QED) is 0.691. The first-order valence-corrected chi connectivity index (χ1v) is 7.65. The predicted octanol–water partition coefficient (Wildman–Crippen LogP) is 1.79. The highest BCUT2D eigenvalue weighted by atomic mass is 79.9. The maximum Gasteiger partial charge on any atom is 0.235 e. The van der Waals surface area contributed by atoms with E-state index >= 15 is 0 Å². The molecule has 1 aromatic carbocycles. The molecule has 0 unspecified atom stereocenters. The summed E-state index contributed by atoms with van der Waals surface area (Å²) in [6.45, 7) is 0.611. The van der Waals surface area contributed by atoms with Crippen molar-refractivity contribution in [2.45, 2.75) is 6.54 Å². The van der Waals surface area contributed by atoms with E-state index in [2.05, 4.69) is 36.2 Å². The molecule has 22 heavy (non-hydrogen) atoms. The Kier molecular flexibility index (Phi) is 4.01. The number of carbonyl (C=O) groups excluding carboxylic acids is 1. The van der Waals surface area contributed by atoms with Gasteiger partial charge in [-0.1, -0.05) is 28.1 Å². The number of anilines is 2. The zero-order valence-electron chi connectivity index (χ0n) is 11.5. The van der Waals surface area contributed by atoms with Gasteiger partial charge in [-0.15, -0.1) is 0 Å². The summed E-state index contributed by atoms with van der Waals surface area (Å²) in [4.78, 5) is 23.7. The van der Waals surface area contributed by atoms with Crippen LogP contribution in [0, 0.1) is 0 Å². The number of hydrogen-bond acceptors (Lipinski definition) is 5. The fourth-order valence-electron chi connectivity index (χ4n) is 2.10. The smallest absolute Gasteiger partial charge is 0.235 e. The third kappa shape index (κ3) is 2.91. The molecule has 2 heterocycles. The molecule has 0 radical (unpaired) electrons. The Morgan fingerprint density at radius 2 is 2.00 bits per heavy atom. The third-order valence-corrected chi connectivity index (χ3v) is 3.65. The number of nitrogens with two attached hydrogens (primary N) is 1. The summed E-state index contributed by atoms with van der Waals surface area (Å²) in [6, 6.07) is 7.61. The SMILES string of the molecule is Nc1ncnc2c1ncn2Cc1ccc(NC(=O)CBr)cc1. The number of nitrogens with zero attached hydrogens (tertiary/aromatic N) is 4. The Bertz CT molecular complexity index is 814. The Morgan fingerprint density at radius 3 is 2.73 bits per heavy atom. The van der Waals surface area contributed by atoms with Gasteiger partial charge >= 0.3 is 0 Å². The molecule has 2 aromatic heterocycles. The van der Waals surface area contributed by atoms with Gasteiger partial charge in [-0.05, 0) is 17.7 Å². The normalized spacial score (nSPS) is 10.8. The lowest BCUT2D eigenvalue weighted by molar-refractivity contribution is -0.113. The number of fused-ring (bicyclic) bond motifs is 1. The summed E-state index contributed by atoms with van der Waals surface area (Å²) in [7, 11) is 0. The van der Waals surface area contributed by atoms with Crippen molar-refractivity contribution in [1.82, 2.24) is 19.5 Å². The van der Waals surface area contributed by atoms with Gasteiger partial charge in [0.1, 0.15) is 11.8 Å². The zero-order chi connectivity index (χ0) is 15.5. The minimum absolute atomic E-state index is 0.0828. The van der Waals surface area contributed by atoms with Crippen molar-refractivity contribution in [1.29, 1.82) is 0 Å². The van der Waals surface area contributed by atoms with Crippen LogP contribution in [0.4, 0.5) is 11.5 Å². The molecule has 0 saturated heterocycles. The van der Waals surface area contributed by atoms with Gasteiger partial charge in [0, 0.05) is 5.69 Å². The van der Waals surface area contributed by atoms with Crippen LogP contribution in [0.15, 0.2) is 36.9 Å². The van der Waals surface area contributed by atoms with Crippen molar-refractivity contribution in [3.63, 3.8) is 0 Å². The number of nitrogens with one attached hydrogen (secondary N) is 1. The highest BCUT2D eigenvalue weighted by Gasteiger charge is 2.08. The molecule has 0 atom stereocenters. The average molecular weight is 361 g/mol. The monoisotopic (exact) mass is 360 g/mol. The Balaban J connectivity index is 1.80. The fraction of sp³-hybridized carbons (Fsp3) is 0.143. The first-order valence-electron chi connectivity index (χ1n) is 6.53. The third-order valence-electron chi connectivity index (χ3n) is 3.14. The summed E-state index contributed by atoms with van der Waals surface area (Å²) in [5, 5.41) is 3.05. The van der Waals surface area contributed by atoms with Crippen molar-refractivity contribution in [2.24, 2.45) is 0 Å². The van der Waals surface area contributed by atoms with Crippen LogP contribution in [0.1, 0.15) is 5.56 Å². The molecule has 0 bridgehead atoms. The van der Waals surface area contributed by atoms with Crippen molar-refractivity contribution in [3.05, 3.63) is 42.5 Å². The molecule has 112 valence electrons. The number of benzene rings is 1. The van der Waals surface area contributed by atoms with Crippen LogP contribution in [-0.4, -0.2) is 30.8 Å². The molecule has 7 nitrogen and oxygen atoms in total. The minimum atomic E-state index is -0.0828. The summed E-state index contributed by atoms with van der Waals surface area (Å²) in [5.74, 6) is 0.289. The van der Waals surface area contributed by atoms with Gasteiger partial charge in [0.05, 0.1) is 18.2 Å². The van der Waals surface area contributed by atoms with E-state index in [1.54, 1.807) is 6.33 Å². The van der Waals surface area contributed by atoms with Crippen LogP contribution in [0.3, 0.4) is 0 Å². The summed E-state index contributed by atoms with van der Waals surface area (Å²) in [6.07, 6.45) is 3.12. The molecule has 0 saturated carbocycles. The second-order valence-electron chi connectivity index (χ2n) is 4.68. The lowest BCUT2D eigenvalue weighted by Crippen LogP contribution is -2.12. The van der Waals surface area contributed by atoms with Gasteiger partial charge < -0.3 is 15.6 Å². The molecule has 0 aliphatic heterocycles. The highest BCUT2D eigenvalue weighted by molar-refractivity contribution is 9.09. The first kappa shape index (κ1) is 14.5. The number of alkyl halides is 1. The number of rotatable bonds is 4. The largest absolute Gasteiger partial charge is 0.382 e. The summed E-state index contributed by atoms with van der Waals surface area (Å²) < 4.78 is 1.90. The molecular formula is C14H13BrN6O. The number of carbonyl (C=O) groups is 1. The van der Waals surface area contributed by atoms with Gasteiger partial charge in [-0.2, -0.15) is 0 Å². The second kappa shape index (κ2) is 6.10. The maximum absolute atomic E-state index is 11.3. The van der Waals surface area contributed by atoms with Crippen LogP contribution in [0.25, 0.3) is 11.2 Å². The number of halogens is 1. The second-order valence-corrected chi connectivity index (χ2v) is 5.24. The van der Waals surface area contributed by atoms with Gasteiger partial charge in [-0.3, -0.25) is 4.79 Å². The zero-order valence-corrected chi connectivity index (χ0v) is 13.1. The van der Waals surface area contributed by atoms with Crippen molar-refractivity contribution < 1.29 is 4.79 Å². The van der Waals surface area contributed by atoms with Crippen molar-refractivity contribution >= 4 is 44.5 Å². The van der Waals surface area contributed by atoms with E-state index in [-0.39, 0.29) is 11.2 Å². The molecule has 3 aromatic rings. The minimum Gasteiger partial charge on any atom is -0.382 e. The van der Waals surface area contributed by atoms with Gasteiger partial charge in [-0.25, -0.2) is 15.0 Å². The first-order chi connectivity index (χ1) is 10.7. The van der Waals surface area contributed by atoms with Gasteiger partial charge in [0.25, 0.3) is 0 Å². The fourth-order valence-corrected chi connectivity index (χ4v) is 2.24. The number of imidazole rings is 1. The molecular weight excluding hydrogens is 348 g/mol. The summed E-state index contributed by atoms with van der Waals surface area (Å²) in [5.41, 5.74) is 8.89. The molecule has 0 aliphatic carbocycles. The van der Waals surface area contributed by atoms with E-state index in [0.717, 1.165) is 11.3 Å². The van der Waals surface area contributed by atoms with Crippen molar-refractivity contribution in [2.75, 3.05) is 16.4 Å².